The van der Waals surface area contributed by atoms with Crippen molar-refractivity contribution in [2.75, 3.05) is 36.0 Å². The molecule has 6 nitrogen and oxygen atoms in total. The SMILES string of the molecule is CCCN(Cc1cncn1Cc1ccc(C#N)cc1)c1c(C(=O)N2CCSCC2)sc2ccccc12. The van der Waals surface area contributed by atoms with Crippen LogP contribution in [0.5, 0.6) is 0 Å². The number of amides is 1. The molecule has 4 aromatic rings. The molecule has 184 valence electrons. The molecule has 1 aliphatic rings. The molecule has 0 bridgehead atoms. The summed E-state index contributed by atoms with van der Waals surface area (Å²) in [6, 6.07) is 18.2. The molecule has 0 atom stereocenters. The number of carbonyl (C=O) groups is 1. The highest BCUT2D eigenvalue weighted by molar-refractivity contribution is 7.99. The van der Waals surface area contributed by atoms with Crippen molar-refractivity contribution in [2.45, 2.75) is 26.4 Å². The van der Waals surface area contributed by atoms with Crippen molar-refractivity contribution in [1.82, 2.24) is 14.5 Å². The molecule has 0 radical (unpaired) electrons. The number of anilines is 1. The van der Waals surface area contributed by atoms with Crippen LogP contribution in [-0.4, -0.2) is 51.5 Å². The van der Waals surface area contributed by atoms with Gasteiger partial charge < -0.3 is 14.4 Å². The molecule has 3 heterocycles. The summed E-state index contributed by atoms with van der Waals surface area (Å²) in [5.41, 5.74) is 3.92. The van der Waals surface area contributed by atoms with Crippen molar-refractivity contribution in [3.8, 4) is 6.07 Å². The maximum Gasteiger partial charge on any atom is 0.266 e. The molecule has 0 saturated carbocycles. The van der Waals surface area contributed by atoms with Crippen LogP contribution in [0.25, 0.3) is 10.1 Å². The van der Waals surface area contributed by atoms with Crippen molar-refractivity contribution >= 4 is 44.8 Å². The van der Waals surface area contributed by atoms with Crippen LogP contribution in [0.2, 0.25) is 0 Å². The van der Waals surface area contributed by atoms with Crippen LogP contribution in [0.1, 0.15) is 39.8 Å². The van der Waals surface area contributed by atoms with Crippen molar-refractivity contribution in [3.63, 3.8) is 0 Å². The number of hydrogen-bond acceptors (Lipinski definition) is 6. The molecule has 1 saturated heterocycles. The number of hydrogen-bond donors (Lipinski definition) is 0. The molecule has 0 unspecified atom stereocenters. The lowest BCUT2D eigenvalue weighted by Crippen LogP contribution is -2.38. The minimum Gasteiger partial charge on any atom is -0.364 e. The number of nitriles is 1. The molecule has 0 N–H and O–H groups in total. The summed E-state index contributed by atoms with van der Waals surface area (Å²) >= 11 is 3.53. The number of nitrogens with zero attached hydrogens (tertiary/aromatic N) is 5. The topological polar surface area (TPSA) is 65.2 Å². The van der Waals surface area contributed by atoms with Gasteiger partial charge >= 0.3 is 0 Å². The Balaban J connectivity index is 1.48. The average molecular weight is 516 g/mol. The third-order valence-electron chi connectivity index (χ3n) is 6.46. The first-order chi connectivity index (χ1) is 17.7. The van der Waals surface area contributed by atoms with E-state index in [0.717, 1.165) is 69.5 Å². The van der Waals surface area contributed by atoms with Gasteiger partial charge in [-0.15, -0.1) is 11.3 Å². The molecule has 5 rings (SSSR count). The van der Waals surface area contributed by atoms with Gasteiger partial charge in [0.15, 0.2) is 0 Å². The Kier molecular flexibility index (Phi) is 7.59. The Morgan fingerprint density at radius 3 is 2.67 bits per heavy atom. The van der Waals surface area contributed by atoms with Crippen molar-refractivity contribution in [3.05, 3.63) is 82.8 Å². The van der Waals surface area contributed by atoms with E-state index in [0.29, 0.717) is 18.7 Å². The molecule has 1 amide bonds. The molecule has 8 heteroatoms. The zero-order valence-electron chi connectivity index (χ0n) is 20.4. The van der Waals surface area contributed by atoms with Gasteiger partial charge in [0.05, 0.1) is 35.9 Å². The summed E-state index contributed by atoms with van der Waals surface area (Å²) in [4.78, 5) is 23.4. The fourth-order valence-electron chi connectivity index (χ4n) is 4.64. The van der Waals surface area contributed by atoms with Crippen molar-refractivity contribution in [1.29, 1.82) is 5.26 Å². The van der Waals surface area contributed by atoms with Gasteiger partial charge in [0.2, 0.25) is 0 Å². The van der Waals surface area contributed by atoms with Gasteiger partial charge in [0.25, 0.3) is 5.91 Å². The number of benzene rings is 2. The Morgan fingerprint density at radius 1 is 1.14 bits per heavy atom. The fraction of sp³-hybridized carbons (Fsp3) is 0.321. The summed E-state index contributed by atoms with van der Waals surface area (Å²) in [6.07, 6.45) is 4.76. The third-order valence-corrected chi connectivity index (χ3v) is 8.55. The van der Waals surface area contributed by atoms with Crippen molar-refractivity contribution in [2.24, 2.45) is 0 Å². The highest BCUT2D eigenvalue weighted by atomic mass is 32.2. The molecule has 1 aliphatic heterocycles. The monoisotopic (exact) mass is 515 g/mol. The first-order valence-electron chi connectivity index (χ1n) is 12.3. The van der Waals surface area contributed by atoms with E-state index in [4.69, 9.17) is 5.26 Å². The van der Waals surface area contributed by atoms with E-state index in [1.165, 1.54) is 0 Å². The van der Waals surface area contributed by atoms with E-state index < -0.39 is 0 Å². The van der Waals surface area contributed by atoms with E-state index in [1.54, 1.807) is 11.3 Å². The van der Waals surface area contributed by atoms with Gasteiger partial charge in [-0.3, -0.25) is 4.79 Å². The zero-order valence-corrected chi connectivity index (χ0v) is 22.0. The third kappa shape index (κ3) is 5.13. The highest BCUT2D eigenvalue weighted by Crippen LogP contribution is 2.40. The molecule has 36 heavy (non-hydrogen) atoms. The van der Waals surface area contributed by atoms with E-state index in [9.17, 15) is 4.79 Å². The van der Waals surface area contributed by atoms with E-state index in [1.807, 2.05) is 59.5 Å². The van der Waals surface area contributed by atoms with Gasteiger partial charge in [-0.25, -0.2) is 4.98 Å². The zero-order chi connectivity index (χ0) is 24.9. The van der Waals surface area contributed by atoms with Gasteiger partial charge in [-0.05, 0) is 30.2 Å². The average Bonchev–Trinajstić information content (AvgIpc) is 3.53. The standard InChI is InChI=1S/C28H29N5OS2/c1-2-11-32(19-23-17-30-20-33(23)18-22-9-7-21(16-29)8-10-22)26-24-5-3-4-6-25(24)36-27(26)28(34)31-12-14-35-15-13-31/h3-10,17,20H,2,11-15,18-19H2,1H3. The predicted molar refractivity (Wildman–Crippen MR) is 149 cm³/mol. The lowest BCUT2D eigenvalue weighted by molar-refractivity contribution is 0.0777. The molecular weight excluding hydrogens is 486 g/mol. The smallest absolute Gasteiger partial charge is 0.266 e. The normalized spacial score (nSPS) is 13.6. The summed E-state index contributed by atoms with van der Waals surface area (Å²) in [7, 11) is 0. The van der Waals surface area contributed by atoms with Crippen LogP contribution in [-0.2, 0) is 13.1 Å². The Morgan fingerprint density at radius 2 is 1.92 bits per heavy atom. The molecule has 0 spiro atoms. The van der Waals surface area contributed by atoms with Crippen LogP contribution >= 0.6 is 23.1 Å². The Hall–Kier alpha value is -3.28. The summed E-state index contributed by atoms with van der Waals surface area (Å²) in [5.74, 6) is 2.15. The second-order valence-electron chi connectivity index (χ2n) is 8.92. The minimum atomic E-state index is 0.152. The van der Waals surface area contributed by atoms with E-state index in [2.05, 4.69) is 45.6 Å². The Bertz CT molecular complexity index is 1380. The van der Waals surface area contributed by atoms with Gasteiger partial charge in [0, 0.05) is 54.0 Å². The number of thioether (sulfide) groups is 1. The first-order valence-corrected chi connectivity index (χ1v) is 14.3. The summed E-state index contributed by atoms with van der Waals surface area (Å²) in [5, 5.41) is 10.2. The van der Waals surface area contributed by atoms with Crippen LogP contribution in [0.15, 0.2) is 61.1 Å². The number of imidazole rings is 1. The van der Waals surface area contributed by atoms with Gasteiger partial charge in [-0.2, -0.15) is 17.0 Å². The van der Waals surface area contributed by atoms with Crippen LogP contribution in [0, 0.1) is 11.3 Å². The van der Waals surface area contributed by atoms with Gasteiger partial charge in [0.1, 0.15) is 4.88 Å². The number of fused-ring (bicyclic) bond motifs is 1. The quantitative estimate of drug-likeness (QED) is 0.305. The molecule has 1 fully saturated rings. The largest absolute Gasteiger partial charge is 0.364 e. The van der Waals surface area contributed by atoms with Gasteiger partial charge in [-0.1, -0.05) is 37.3 Å². The van der Waals surface area contributed by atoms with Crippen LogP contribution < -0.4 is 4.90 Å². The van der Waals surface area contributed by atoms with Crippen LogP contribution in [0.4, 0.5) is 5.69 Å². The second kappa shape index (κ2) is 11.2. The van der Waals surface area contributed by atoms with Crippen LogP contribution in [0.3, 0.4) is 0 Å². The maximum absolute atomic E-state index is 13.7. The molecular formula is C28H29N5OS2. The molecule has 2 aromatic carbocycles. The summed E-state index contributed by atoms with van der Waals surface area (Å²) in [6.45, 7) is 5.99. The number of thiophene rings is 1. The Labute approximate surface area is 220 Å². The van der Waals surface area contributed by atoms with Crippen molar-refractivity contribution < 1.29 is 4.79 Å². The fourth-order valence-corrected chi connectivity index (χ4v) is 6.74. The predicted octanol–water partition coefficient (Wildman–Crippen LogP) is 5.62. The minimum absolute atomic E-state index is 0.152. The highest BCUT2D eigenvalue weighted by Gasteiger charge is 2.27. The lowest BCUT2D eigenvalue weighted by Gasteiger charge is -2.29. The number of aromatic nitrogens is 2. The molecule has 0 aliphatic carbocycles. The number of rotatable bonds is 8. The van der Waals surface area contributed by atoms with E-state index >= 15 is 0 Å². The second-order valence-corrected chi connectivity index (χ2v) is 11.2. The molecule has 2 aromatic heterocycles. The summed E-state index contributed by atoms with van der Waals surface area (Å²) < 4.78 is 3.30. The van der Waals surface area contributed by atoms with E-state index in [-0.39, 0.29) is 5.91 Å². The first kappa shape index (κ1) is 24.4. The maximum atomic E-state index is 13.7. The number of carbonyl (C=O) groups excluding carboxylic acids is 1. The lowest BCUT2D eigenvalue weighted by atomic mass is 10.1.